The van der Waals surface area contributed by atoms with E-state index in [9.17, 15) is 4.39 Å². The number of hydrogen-bond acceptors (Lipinski definition) is 4. The number of halogens is 1. The molecule has 0 spiro atoms. The second kappa shape index (κ2) is 5.19. The van der Waals surface area contributed by atoms with E-state index in [1.54, 1.807) is 30.0 Å². The van der Waals surface area contributed by atoms with Crippen molar-refractivity contribution < 1.29 is 4.39 Å². The second-order valence-electron chi connectivity index (χ2n) is 3.93. The molecule has 0 atom stereocenters. The van der Waals surface area contributed by atoms with Crippen LogP contribution in [-0.2, 0) is 0 Å². The standard InChI is InChI=1S/C14H11FN2S2/c1-18-11-7-4-8-12-13(11)17-14(19-12)16-10-6-3-2-5-9(10)15/h2-8H,1H3,(H,16,17). The summed E-state index contributed by atoms with van der Waals surface area (Å²) in [5, 5.41) is 3.75. The average molecular weight is 290 g/mol. The van der Waals surface area contributed by atoms with Gasteiger partial charge in [0.25, 0.3) is 0 Å². The first-order valence-corrected chi connectivity index (χ1v) is 7.77. The van der Waals surface area contributed by atoms with E-state index in [1.165, 1.54) is 17.4 Å². The molecule has 3 rings (SSSR count). The van der Waals surface area contributed by atoms with Crippen molar-refractivity contribution in [1.29, 1.82) is 0 Å². The number of anilines is 2. The monoisotopic (exact) mass is 290 g/mol. The van der Waals surface area contributed by atoms with Crippen molar-refractivity contribution in [1.82, 2.24) is 4.98 Å². The van der Waals surface area contributed by atoms with E-state index in [1.807, 2.05) is 24.5 Å². The van der Waals surface area contributed by atoms with Crippen molar-refractivity contribution in [3.05, 3.63) is 48.3 Å². The predicted molar refractivity (Wildman–Crippen MR) is 81.1 cm³/mol. The van der Waals surface area contributed by atoms with Crippen LogP contribution in [-0.4, -0.2) is 11.2 Å². The van der Waals surface area contributed by atoms with Crippen LogP contribution in [0.4, 0.5) is 15.2 Å². The Morgan fingerprint density at radius 2 is 2.00 bits per heavy atom. The molecule has 0 saturated carbocycles. The van der Waals surface area contributed by atoms with Crippen LogP contribution < -0.4 is 5.32 Å². The summed E-state index contributed by atoms with van der Waals surface area (Å²) in [6, 6.07) is 12.7. The van der Waals surface area contributed by atoms with E-state index in [0.717, 1.165) is 15.1 Å². The van der Waals surface area contributed by atoms with Crippen molar-refractivity contribution in [3.8, 4) is 0 Å². The Morgan fingerprint density at radius 1 is 1.16 bits per heavy atom. The smallest absolute Gasteiger partial charge is 0.188 e. The van der Waals surface area contributed by atoms with Crippen molar-refractivity contribution in [2.24, 2.45) is 0 Å². The van der Waals surface area contributed by atoms with Crippen LogP contribution in [0.1, 0.15) is 0 Å². The Bertz CT molecular complexity index is 724. The number of benzene rings is 2. The van der Waals surface area contributed by atoms with Gasteiger partial charge in [-0.25, -0.2) is 9.37 Å². The Hall–Kier alpha value is -1.59. The Labute approximate surface area is 118 Å². The third-order valence-electron chi connectivity index (χ3n) is 2.72. The average Bonchev–Trinajstić information content (AvgIpc) is 2.83. The highest BCUT2D eigenvalue weighted by Gasteiger charge is 2.09. The summed E-state index contributed by atoms with van der Waals surface area (Å²) < 4.78 is 14.7. The Kier molecular flexibility index (Phi) is 3.40. The summed E-state index contributed by atoms with van der Waals surface area (Å²) in [6.07, 6.45) is 2.03. The van der Waals surface area contributed by atoms with Gasteiger partial charge in [0, 0.05) is 4.90 Å². The van der Waals surface area contributed by atoms with Gasteiger partial charge in [-0.1, -0.05) is 29.5 Å². The molecule has 19 heavy (non-hydrogen) atoms. The van der Waals surface area contributed by atoms with Gasteiger partial charge in [0.05, 0.1) is 15.9 Å². The van der Waals surface area contributed by atoms with Crippen molar-refractivity contribution in [2.75, 3.05) is 11.6 Å². The lowest BCUT2D eigenvalue weighted by molar-refractivity contribution is 0.632. The zero-order chi connectivity index (χ0) is 13.2. The summed E-state index contributed by atoms with van der Waals surface area (Å²) in [7, 11) is 0. The molecule has 0 aliphatic carbocycles. The van der Waals surface area contributed by atoms with Gasteiger partial charge in [-0.05, 0) is 30.5 Å². The molecule has 2 nitrogen and oxygen atoms in total. The Balaban J connectivity index is 2.00. The molecule has 1 heterocycles. The third kappa shape index (κ3) is 2.43. The van der Waals surface area contributed by atoms with E-state index >= 15 is 0 Å². The molecular formula is C14H11FN2S2. The number of nitrogens with zero attached hydrogens (tertiary/aromatic N) is 1. The number of para-hydroxylation sites is 2. The van der Waals surface area contributed by atoms with Gasteiger partial charge in [-0.3, -0.25) is 0 Å². The maximum atomic E-state index is 13.6. The largest absolute Gasteiger partial charge is 0.329 e. The molecule has 0 aliphatic rings. The topological polar surface area (TPSA) is 24.9 Å². The minimum atomic E-state index is -0.271. The van der Waals surface area contributed by atoms with Gasteiger partial charge in [-0.15, -0.1) is 11.8 Å². The minimum absolute atomic E-state index is 0.271. The maximum Gasteiger partial charge on any atom is 0.188 e. The number of hydrogen-bond donors (Lipinski definition) is 1. The summed E-state index contributed by atoms with van der Waals surface area (Å²) in [4.78, 5) is 5.67. The number of thioether (sulfide) groups is 1. The molecular weight excluding hydrogens is 279 g/mol. The quantitative estimate of drug-likeness (QED) is 0.694. The first kappa shape index (κ1) is 12.4. The lowest BCUT2D eigenvalue weighted by atomic mass is 10.3. The molecule has 0 radical (unpaired) electrons. The zero-order valence-electron chi connectivity index (χ0n) is 10.2. The first-order chi connectivity index (χ1) is 9.28. The summed E-state index contributed by atoms with van der Waals surface area (Å²) in [5.74, 6) is -0.271. The molecule has 0 saturated heterocycles. The molecule has 5 heteroatoms. The molecule has 0 bridgehead atoms. The van der Waals surface area contributed by atoms with E-state index in [0.29, 0.717) is 10.8 Å². The molecule has 0 unspecified atom stereocenters. The number of rotatable bonds is 3. The third-order valence-corrected chi connectivity index (χ3v) is 4.42. The highest BCUT2D eigenvalue weighted by molar-refractivity contribution is 7.98. The van der Waals surface area contributed by atoms with E-state index in [-0.39, 0.29) is 5.82 Å². The van der Waals surface area contributed by atoms with E-state index in [4.69, 9.17) is 0 Å². The summed E-state index contributed by atoms with van der Waals surface area (Å²) >= 11 is 3.19. The number of fused-ring (bicyclic) bond motifs is 1. The lowest BCUT2D eigenvalue weighted by Gasteiger charge is -2.02. The molecule has 0 fully saturated rings. The highest BCUT2D eigenvalue weighted by Crippen LogP contribution is 2.33. The summed E-state index contributed by atoms with van der Waals surface area (Å²) in [6.45, 7) is 0. The molecule has 0 aliphatic heterocycles. The van der Waals surface area contributed by atoms with Crippen LogP contribution in [0.25, 0.3) is 10.2 Å². The fourth-order valence-corrected chi connectivity index (χ4v) is 3.35. The minimum Gasteiger partial charge on any atom is -0.329 e. The maximum absolute atomic E-state index is 13.6. The van der Waals surface area contributed by atoms with Crippen LogP contribution in [0.3, 0.4) is 0 Å². The van der Waals surface area contributed by atoms with Gasteiger partial charge >= 0.3 is 0 Å². The molecule has 96 valence electrons. The summed E-state index contributed by atoms with van der Waals surface area (Å²) in [5.41, 5.74) is 1.42. The van der Waals surface area contributed by atoms with Crippen LogP contribution >= 0.6 is 23.1 Å². The predicted octanol–water partition coefficient (Wildman–Crippen LogP) is 4.90. The number of nitrogens with one attached hydrogen (secondary N) is 1. The fourth-order valence-electron chi connectivity index (χ4n) is 1.82. The zero-order valence-corrected chi connectivity index (χ0v) is 11.8. The normalized spacial score (nSPS) is 10.8. The molecule has 2 aromatic carbocycles. The Morgan fingerprint density at radius 3 is 2.79 bits per heavy atom. The fraction of sp³-hybridized carbons (Fsp3) is 0.0714. The lowest BCUT2D eigenvalue weighted by Crippen LogP contribution is -1.92. The highest BCUT2D eigenvalue weighted by atomic mass is 32.2. The van der Waals surface area contributed by atoms with Gasteiger partial charge in [0.15, 0.2) is 5.13 Å². The van der Waals surface area contributed by atoms with E-state index in [2.05, 4.69) is 10.3 Å². The SMILES string of the molecule is CSc1cccc2sc(Nc3ccccc3F)nc12. The van der Waals surface area contributed by atoms with Crippen molar-refractivity contribution >= 4 is 44.1 Å². The van der Waals surface area contributed by atoms with Gasteiger partial charge < -0.3 is 5.32 Å². The molecule has 1 aromatic heterocycles. The van der Waals surface area contributed by atoms with Crippen molar-refractivity contribution in [2.45, 2.75) is 4.90 Å². The number of thiazole rings is 1. The first-order valence-electron chi connectivity index (χ1n) is 5.73. The van der Waals surface area contributed by atoms with E-state index < -0.39 is 0 Å². The molecule has 3 aromatic rings. The van der Waals surface area contributed by atoms with Crippen LogP contribution in [0.5, 0.6) is 0 Å². The van der Waals surface area contributed by atoms with Gasteiger partial charge in [-0.2, -0.15) is 0 Å². The second-order valence-corrected chi connectivity index (χ2v) is 5.81. The van der Waals surface area contributed by atoms with Crippen molar-refractivity contribution in [3.63, 3.8) is 0 Å². The van der Waals surface area contributed by atoms with Gasteiger partial charge in [0.2, 0.25) is 0 Å². The molecule has 1 N–H and O–H groups in total. The van der Waals surface area contributed by atoms with Crippen LogP contribution in [0.15, 0.2) is 47.4 Å². The van der Waals surface area contributed by atoms with Gasteiger partial charge in [0.1, 0.15) is 5.82 Å². The van der Waals surface area contributed by atoms with Crippen LogP contribution in [0.2, 0.25) is 0 Å². The van der Waals surface area contributed by atoms with Crippen LogP contribution in [0, 0.1) is 5.82 Å². The number of aromatic nitrogens is 1. The molecule has 0 amide bonds.